The predicted molar refractivity (Wildman–Crippen MR) is 64.9 cm³/mol. The van der Waals surface area contributed by atoms with E-state index in [1.807, 2.05) is 24.3 Å². The molecule has 1 aromatic carbocycles. The van der Waals surface area contributed by atoms with Crippen molar-refractivity contribution in [3.8, 4) is 0 Å². The van der Waals surface area contributed by atoms with Gasteiger partial charge in [0.2, 0.25) is 5.91 Å². The van der Waals surface area contributed by atoms with Crippen LogP contribution in [0.3, 0.4) is 0 Å². The van der Waals surface area contributed by atoms with Crippen LogP contribution in [-0.2, 0) is 11.2 Å². The van der Waals surface area contributed by atoms with Crippen molar-refractivity contribution in [1.82, 2.24) is 5.32 Å². The van der Waals surface area contributed by atoms with Gasteiger partial charge in [-0.1, -0.05) is 12.1 Å². The fraction of sp³-hybridized carbons (Fsp3) is 0.462. The standard InChI is InChI=1S/C13H18N2O/c14-12-7-3-10(4-8-12)2-1-9-15-13(16)11-5-6-11/h3-4,7-8,11H,1-2,5-6,9,14H2,(H,15,16). The largest absolute Gasteiger partial charge is 0.399 e. The van der Waals surface area contributed by atoms with Crippen LogP contribution in [0.25, 0.3) is 0 Å². The van der Waals surface area contributed by atoms with E-state index in [0.717, 1.165) is 37.9 Å². The number of hydrogen-bond acceptors (Lipinski definition) is 2. The SMILES string of the molecule is Nc1ccc(CCCNC(=O)C2CC2)cc1. The smallest absolute Gasteiger partial charge is 0.223 e. The van der Waals surface area contributed by atoms with Gasteiger partial charge in [0.1, 0.15) is 0 Å². The first-order valence-electron chi connectivity index (χ1n) is 5.88. The van der Waals surface area contributed by atoms with Crippen LogP contribution in [0.1, 0.15) is 24.8 Å². The number of carbonyl (C=O) groups excluding carboxylic acids is 1. The Bertz CT molecular complexity index is 355. The molecule has 1 aliphatic carbocycles. The minimum Gasteiger partial charge on any atom is -0.399 e. The van der Waals surface area contributed by atoms with Crippen molar-refractivity contribution < 1.29 is 4.79 Å². The maximum Gasteiger partial charge on any atom is 0.223 e. The summed E-state index contributed by atoms with van der Waals surface area (Å²) in [5, 5.41) is 2.96. The number of anilines is 1. The number of hydrogen-bond donors (Lipinski definition) is 2. The highest BCUT2D eigenvalue weighted by atomic mass is 16.2. The number of amides is 1. The van der Waals surface area contributed by atoms with Crippen LogP contribution in [0, 0.1) is 5.92 Å². The average molecular weight is 218 g/mol. The highest BCUT2D eigenvalue weighted by molar-refractivity contribution is 5.80. The topological polar surface area (TPSA) is 55.1 Å². The van der Waals surface area contributed by atoms with Gasteiger partial charge in [0.25, 0.3) is 0 Å². The highest BCUT2D eigenvalue weighted by Gasteiger charge is 2.28. The lowest BCUT2D eigenvalue weighted by molar-refractivity contribution is -0.122. The molecule has 1 aliphatic rings. The van der Waals surface area contributed by atoms with Gasteiger partial charge < -0.3 is 11.1 Å². The number of benzene rings is 1. The van der Waals surface area contributed by atoms with Gasteiger partial charge in [0.15, 0.2) is 0 Å². The van der Waals surface area contributed by atoms with Crippen LogP contribution in [0.15, 0.2) is 24.3 Å². The summed E-state index contributed by atoms with van der Waals surface area (Å²) in [5.74, 6) is 0.550. The summed E-state index contributed by atoms with van der Waals surface area (Å²) in [6, 6.07) is 7.91. The molecule has 0 radical (unpaired) electrons. The summed E-state index contributed by atoms with van der Waals surface area (Å²) in [6.07, 6.45) is 4.13. The summed E-state index contributed by atoms with van der Waals surface area (Å²) >= 11 is 0. The summed E-state index contributed by atoms with van der Waals surface area (Å²) in [6.45, 7) is 0.777. The zero-order valence-corrected chi connectivity index (χ0v) is 9.41. The van der Waals surface area contributed by atoms with Crippen LogP contribution in [0.2, 0.25) is 0 Å². The Morgan fingerprint density at radius 2 is 2.00 bits per heavy atom. The Balaban J connectivity index is 1.63. The third-order valence-electron chi connectivity index (χ3n) is 2.87. The van der Waals surface area contributed by atoms with Crippen molar-refractivity contribution in [2.45, 2.75) is 25.7 Å². The third kappa shape index (κ3) is 3.26. The molecule has 3 N–H and O–H groups in total. The molecule has 0 spiro atoms. The van der Waals surface area contributed by atoms with Crippen LogP contribution in [0.5, 0.6) is 0 Å². The Hall–Kier alpha value is -1.51. The van der Waals surface area contributed by atoms with Gasteiger partial charge in [-0.2, -0.15) is 0 Å². The number of nitrogens with one attached hydrogen (secondary N) is 1. The Labute approximate surface area is 96.0 Å². The van der Waals surface area contributed by atoms with Gasteiger partial charge in [-0.15, -0.1) is 0 Å². The van der Waals surface area contributed by atoms with Crippen molar-refractivity contribution >= 4 is 11.6 Å². The van der Waals surface area contributed by atoms with Gasteiger partial charge in [0.05, 0.1) is 0 Å². The van der Waals surface area contributed by atoms with E-state index in [1.54, 1.807) is 0 Å². The molecule has 16 heavy (non-hydrogen) atoms. The Morgan fingerprint density at radius 1 is 1.31 bits per heavy atom. The van der Waals surface area contributed by atoms with E-state index in [1.165, 1.54) is 5.56 Å². The van der Waals surface area contributed by atoms with E-state index in [-0.39, 0.29) is 5.91 Å². The molecule has 3 nitrogen and oxygen atoms in total. The second-order valence-electron chi connectivity index (χ2n) is 4.41. The van der Waals surface area contributed by atoms with Crippen LogP contribution >= 0.6 is 0 Å². The van der Waals surface area contributed by atoms with E-state index >= 15 is 0 Å². The van der Waals surface area contributed by atoms with Gasteiger partial charge in [-0.05, 0) is 43.4 Å². The minimum absolute atomic E-state index is 0.234. The summed E-state index contributed by atoms with van der Waals surface area (Å²) < 4.78 is 0. The van der Waals surface area contributed by atoms with E-state index in [2.05, 4.69) is 5.32 Å². The Morgan fingerprint density at radius 3 is 2.62 bits per heavy atom. The fourth-order valence-corrected chi connectivity index (χ4v) is 1.68. The predicted octanol–water partition coefficient (Wildman–Crippen LogP) is 1.73. The second-order valence-corrected chi connectivity index (χ2v) is 4.41. The molecule has 0 bridgehead atoms. The van der Waals surface area contributed by atoms with Crippen molar-refractivity contribution in [2.75, 3.05) is 12.3 Å². The molecule has 1 aromatic rings. The average Bonchev–Trinajstić information content (AvgIpc) is 3.10. The van der Waals surface area contributed by atoms with Crippen LogP contribution < -0.4 is 11.1 Å². The van der Waals surface area contributed by atoms with Crippen molar-refractivity contribution in [3.05, 3.63) is 29.8 Å². The molecule has 3 heteroatoms. The zero-order chi connectivity index (χ0) is 11.4. The first-order chi connectivity index (χ1) is 7.75. The maximum atomic E-state index is 11.3. The molecule has 1 amide bonds. The summed E-state index contributed by atoms with van der Waals surface area (Å²) in [7, 11) is 0. The molecule has 0 saturated heterocycles. The monoisotopic (exact) mass is 218 g/mol. The summed E-state index contributed by atoms with van der Waals surface area (Å²) in [5.41, 5.74) is 7.67. The van der Waals surface area contributed by atoms with E-state index in [4.69, 9.17) is 5.73 Å². The minimum atomic E-state index is 0.234. The molecule has 2 rings (SSSR count). The molecule has 0 heterocycles. The van der Waals surface area contributed by atoms with Gasteiger partial charge in [-0.25, -0.2) is 0 Å². The maximum absolute atomic E-state index is 11.3. The molecular formula is C13H18N2O. The van der Waals surface area contributed by atoms with Crippen molar-refractivity contribution in [1.29, 1.82) is 0 Å². The molecular weight excluding hydrogens is 200 g/mol. The molecule has 1 saturated carbocycles. The number of nitrogens with two attached hydrogens (primary N) is 1. The van der Waals surface area contributed by atoms with E-state index < -0.39 is 0 Å². The van der Waals surface area contributed by atoms with Gasteiger partial charge in [0, 0.05) is 18.2 Å². The second kappa shape index (κ2) is 5.01. The molecule has 86 valence electrons. The molecule has 0 atom stereocenters. The lowest BCUT2D eigenvalue weighted by atomic mass is 10.1. The lowest BCUT2D eigenvalue weighted by Crippen LogP contribution is -2.26. The van der Waals surface area contributed by atoms with Crippen LogP contribution in [0.4, 0.5) is 5.69 Å². The third-order valence-corrected chi connectivity index (χ3v) is 2.87. The number of aryl methyl sites for hydroxylation is 1. The lowest BCUT2D eigenvalue weighted by Gasteiger charge is -2.04. The normalized spacial score (nSPS) is 14.8. The number of rotatable bonds is 5. The quantitative estimate of drug-likeness (QED) is 0.584. The van der Waals surface area contributed by atoms with Gasteiger partial charge in [-0.3, -0.25) is 4.79 Å². The molecule has 0 unspecified atom stereocenters. The van der Waals surface area contributed by atoms with Gasteiger partial charge >= 0.3 is 0 Å². The molecule has 1 fully saturated rings. The highest BCUT2D eigenvalue weighted by Crippen LogP contribution is 2.28. The molecule has 0 aliphatic heterocycles. The van der Waals surface area contributed by atoms with Crippen LogP contribution in [-0.4, -0.2) is 12.5 Å². The van der Waals surface area contributed by atoms with E-state index in [0.29, 0.717) is 5.92 Å². The first kappa shape index (κ1) is 11.0. The zero-order valence-electron chi connectivity index (χ0n) is 9.41. The first-order valence-corrected chi connectivity index (χ1v) is 5.88. The molecule has 0 aromatic heterocycles. The summed E-state index contributed by atoms with van der Waals surface area (Å²) in [4.78, 5) is 11.3. The van der Waals surface area contributed by atoms with Crippen molar-refractivity contribution in [3.63, 3.8) is 0 Å². The Kier molecular flexibility index (Phi) is 3.44. The number of nitrogen functional groups attached to an aromatic ring is 1. The van der Waals surface area contributed by atoms with Crippen molar-refractivity contribution in [2.24, 2.45) is 5.92 Å². The van der Waals surface area contributed by atoms with E-state index in [9.17, 15) is 4.79 Å². The number of carbonyl (C=O) groups is 1. The fourth-order valence-electron chi connectivity index (χ4n) is 1.68.